The molecule has 2 aromatic carbocycles. The quantitative estimate of drug-likeness (QED) is 0.463. The monoisotopic (exact) mass is 493 g/mol. The Bertz CT molecular complexity index is 1200. The van der Waals surface area contributed by atoms with Gasteiger partial charge < -0.3 is 20.1 Å². The normalized spacial score (nSPS) is 13.0. The maximum atomic E-state index is 12.5. The molecule has 0 fully saturated rings. The Hall–Kier alpha value is -3.72. The number of carbonyl (C=O) groups excluding carboxylic acids is 2. The van der Waals surface area contributed by atoms with Gasteiger partial charge in [-0.15, -0.1) is 11.3 Å². The second-order valence-corrected chi connectivity index (χ2v) is 9.25. The van der Waals surface area contributed by atoms with E-state index < -0.39 is 24.0 Å². The second-order valence-electron chi connectivity index (χ2n) is 8.31. The highest BCUT2D eigenvalue weighted by atomic mass is 32.1. The lowest BCUT2D eigenvalue weighted by molar-refractivity contribution is -0.142. The number of carbonyl (C=O) groups is 3. The first-order valence-corrected chi connectivity index (χ1v) is 12.3. The van der Waals surface area contributed by atoms with Crippen LogP contribution in [-0.2, 0) is 16.0 Å². The third-order valence-corrected chi connectivity index (χ3v) is 7.09. The minimum atomic E-state index is -1.05. The zero-order valence-corrected chi connectivity index (χ0v) is 20.4. The fourth-order valence-electron chi connectivity index (χ4n) is 4.38. The summed E-state index contributed by atoms with van der Waals surface area (Å²) in [6.45, 7) is 2.26. The fourth-order valence-corrected chi connectivity index (χ4v) is 5.15. The number of hydrogen-bond donors (Lipinski definition) is 2. The van der Waals surface area contributed by atoms with E-state index in [4.69, 9.17) is 4.74 Å². The number of aromatic nitrogens is 1. The van der Waals surface area contributed by atoms with Crippen LogP contribution < -0.4 is 5.32 Å². The number of carboxylic acids is 1. The number of benzene rings is 2. The summed E-state index contributed by atoms with van der Waals surface area (Å²) in [7, 11) is 1.46. The Labute approximate surface area is 207 Å². The molecule has 0 aliphatic heterocycles. The fraction of sp³-hybridized carbons (Fsp3) is 0.308. The third kappa shape index (κ3) is 5.19. The van der Waals surface area contributed by atoms with Crippen molar-refractivity contribution in [1.82, 2.24) is 15.2 Å². The molecule has 2 amide bonds. The van der Waals surface area contributed by atoms with Crippen molar-refractivity contribution in [3.05, 3.63) is 75.7 Å². The molecule has 1 unspecified atom stereocenters. The maximum Gasteiger partial charge on any atom is 0.407 e. The minimum Gasteiger partial charge on any atom is -0.480 e. The van der Waals surface area contributed by atoms with Crippen LogP contribution in [0, 0.1) is 0 Å². The Kier molecular flexibility index (Phi) is 7.45. The molecule has 4 rings (SSSR count). The van der Waals surface area contributed by atoms with Crippen LogP contribution >= 0.6 is 11.3 Å². The van der Waals surface area contributed by atoms with Gasteiger partial charge in [-0.3, -0.25) is 4.79 Å². The van der Waals surface area contributed by atoms with Crippen LogP contribution in [0.1, 0.15) is 45.9 Å². The summed E-state index contributed by atoms with van der Waals surface area (Å²) in [6, 6.07) is 15.4. The smallest absolute Gasteiger partial charge is 0.407 e. The molecule has 1 aliphatic rings. The second kappa shape index (κ2) is 10.7. The predicted octanol–water partition coefficient (Wildman–Crippen LogP) is 4.16. The number of aliphatic carboxylic acids is 1. The van der Waals surface area contributed by atoms with Crippen LogP contribution in [0.4, 0.5) is 4.79 Å². The van der Waals surface area contributed by atoms with Gasteiger partial charge in [-0.05, 0) is 28.7 Å². The first kappa shape index (κ1) is 24.4. The molecule has 0 bridgehead atoms. The van der Waals surface area contributed by atoms with Crippen LogP contribution in [0.2, 0.25) is 0 Å². The number of nitrogens with zero attached hydrogens (tertiary/aromatic N) is 2. The van der Waals surface area contributed by atoms with Crippen molar-refractivity contribution < 1.29 is 24.2 Å². The van der Waals surface area contributed by atoms with Gasteiger partial charge in [-0.25, -0.2) is 14.6 Å². The van der Waals surface area contributed by atoms with Crippen molar-refractivity contribution >= 4 is 29.3 Å². The van der Waals surface area contributed by atoms with Crippen LogP contribution in [0.3, 0.4) is 0 Å². The summed E-state index contributed by atoms with van der Waals surface area (Å²) < 4.78 is 5.53. The standard InChI is InChI=1S/C26H27N3O5S/c1-3-22(25(31)32)29(2)24(30)21-15-35-23(28-21)12-13-27-26(33)34-14-20-18-10-6-4-8-16(18)17-9-5-7-11-19(17)20/h4-11,15,20,22H,3,12-14H2,1-2H3,(H,27,33)(H,31,32). The molecule has 0 spiro atoms. The van der Waals surface area contributed by atoms with Crippen molar-refractivity contribution in [3.8, 4) is 11.1 Å². The van der Waals surface area contributed by atoms with E-state index in [-0.39, 0.29) is 18.2 Å². The molecular formula is C26H27N3O5S. The van der Waals surface area contributed by atoms with Crippen LogP contribution in [0.25, 0.3) is 11.1 Å². The average Bonchev–Trinajstić information content (AvgIpc) is 3.45. The predicted molar refractivity (Wildman–Crippen MR) is 133 cm³/mol. The number of nitrogens with one attached hydrogen (secondary N) is 1. The summed E-state index contributed by atoms with van der Waals surface area (Å²) in [4.78, 5) is 41.7. The molecule has 1 heterocycles. The molecule has 0 saturated heterocycles. The van der Waals surface area contributed by atoms with Gasteiger partial charge in [0.05, 0.1) is 5.01 Å². The zero-order chi connectivity index (χ0) is 24.9. The van der Waals surface area contributed by atoms with E-state index in [9.17, 15) is 19.5 Å². The topological polar surface area (TPSA) is 109 Å². The molecule has 3 aromatic rings. The van der Waals surface area contributed by atoms with Gasteiger partial charge in [0.2, 0.25) is 0 Å². The number of alkyl carbamates (subject to hydrolysis) is 1. The Morgan fingerprint density at radius 2 is 1.74 bits per heavy atom. The lowest BCUT2D eigenvalue weighted by atomic mass is 9.98. The Morgan fingerprint density at radius 3 is 2.34 bits per heavy atom. The lowest BCUT2D eigenvalue weighted by Gasteiger charge is -2.22. The molecule has 0 saturated carbocycles. The van der Waals surface area contributed by atoms with Crippen molar-refractivity contribution in [3.63, 3.8) is 0 Å². The summed E-state index contributed by atoms with van der Waals surface area (Å²) in [6.07, 6.45) is 0.229. The summed E-state index contributed by atoms with van der Waals surface area (Å²) in [5.41, 5.74) is 4.85. The number of amides is 2. The largest absolute Gasteiger partial charge is 0.480 e. The molecule has 9 heteroatoms. The number of ether oxygens (including phenoxy) is 1. The van der Waals surface area contributed by atoms with Crippen molar-refractivity contribution in [2.24, 2.45) is 0 Å². The minimum absolute atomic E-state index is 0.00424. The van der Waals surface area contributed by atoms with Gasteiger partial charge in [0.1, 0.15) is 18.3 Å². The van der Waals surface area contributed by atoms with E-state index >= 15 is 0 Å². The van der Waals surface area contributed by atoms with E-state index in [0.29, 0.717) is 24.4 Å². The highest BCUT2D eigenvalue weighted by Gasteiger charge is 2.29. The molecule has 182 valence electrons. The average molecular weight is 494 g/mol. The third-order valence-electron chi connectivity index (χ3n) is 6.18. The van der Waals surface area contributed by atoms with Crippen molar-refractivity contribution in [2.45, 2.75) is 31.7 Å². The van der Waals surface area contributed by atoms with Gasteiger partial charge in [0.25, 0.3) is 5.91 Å². The van der Waals surface area contributed by atoms with Gasteiger partial charge in [0, 0.05) is 31.3 Å². The van der Waals surface area contributed by atoms with E-state index in [2.05, 4.69) is 34.6 Å². The van der Waals surface area contributed by atoms with Gasteiger partial charge in [-0.1, -0.05) is 55.5 Å². The number of carboxylic acid groups (broad SMARTS) is 1. The molecule has 1 atom stereocenters. The number of rotatable bonds is 9. The molecule has 1 aliphatic carbocycles. The van der Waals surface area contributed by atoms with Gasteiger partial charge in [0.15, 0.2) is 0 Å². The molecule has 35 heavy (non-hydrogen) atoms. The highest BCUT2D eigenvalue weighted by Crippen LogP contribution is 2.44. The Balaban J connectivity index is 1.28. The van der Waals surface area contributed by atoms with E-state index in [1.54, 1.807) is 12.3 Å². The summed E-state index contributed by atoms with van der Waals surface area (Å²) in [5.74, 6) is -1.49. The molecule has 1 aromatic heterocycles. The van der Waals surface area contributed by atoms with Crippen LogP contribution in [0.15, 0.2) is 53.9 Å². The SMILES string of the molecule is CCC(C(=O)O)N(C)C(=O)c1csc(CCNC(=O)OCC2c3ccccc3-c3ccccc32)n1. The molecule has 8 nitrogen and oxygen atoms in total. The number of hydrogen-bond acceptors (Lipinski definition) is 6. The van der Waals surface area contributed by atoms with Gasteiger partial charge in [-0.2, -0.15) is 0 Å². The lowest BCUT2D eigenvalue weighted by Crippen LogP contribution is -2.42. The summed E-state index contributed by atoms with van der Waals surface area (Å²) in [5, 5.41) is 14.3. The van der Waals surface area contributed by atoms with E-state index in [0.717, 1.165) is 11.1 Å². The highest BCUT2D eigenvalue weighted by molar-refractivity contribution is 7.09. The van der Waals surface area contributed by atoms with Crippen molar-refractivity contribution in [1.29, 1.82) is 0 Å². The zero-order valence-electron chi connectivity index (χ0n) is 19.6. The molecular weight excluding hydrogens is 466 g/mol. The Morgan fingerprint density at radius 1 is 1.11 bits per heavy atom. The van der Waals surface area contributed by atoms with Gasteiger partial charge >= 0.3 is 12.1 Å². The van der Waals surface area contributed by atoms with Crippen LogP contribution in [0.5, 0.6) is 0 Å². The summed E-state index contributed by atoms with van der Waals surface area (Å²) >= 11 is 1.29. The van der Waals surface area contributed by atoms with Crippen LogP contribution in [-0.4, -0.2) is 59.2 Å². The van der Waals surface area contributed by atoms with Crippen molar-refractivity contribution in [2.75, 3.05) is 20.2 Å². The first-order valence-electron chi connectivity index (χ1n) is 11.4. The van der Waals surface area contributed by atoms with E-state index in [1.807, 2.05) is 24.3 Å². The first-order chi connectivity index (χ1) is 16.9. The number of thiazole rings is 1. The number of fused-ring (bicyclic) bond motifs is 3. The molecule has 0 radical (unpaired) electrons. The maximum absolute atomic E-state index is 12.5. The van der Waals surface area contributed by atoms with E-state index in [1.165, 1.54) is 34.4 Å². The number of likely N-dealkylation sites (N-methyl/N-ethyl adjacent to an activating group) is 1. The molecule has 2 N–H and O–H groups in total.